The van der Waals surface area contributed by atoms with Gasteiger partial charge in [0.25, 0.3) is 5.56 Å². The van der Waals surface area contributed by atoms with Gasteiger partial charge in [0.05, 0.1) is 30.9 Å². The summed E-state index contributed by atoms with van der Waals surface area (Å²) < 4.78 is 13.0. The molecule has 0 aliphatic carbocycles. The first-order valence-electron chi connectivity index (χ1n) is 8.58. The normalized spacial score (nSPS) is 10.7. The number of benzene rings is 2. The van der Waals surface area contributed by atoms with Crippen molar-refractivity contribution in [2.45, 2.75) is 19.4 Å². The molecule has 0 unspecified atom stereocenters. The lowest BCUT2D eigenvalue weighted by molar-refractivity contribution is 0.279. The number of rotatable bonds is 8. The lowest BCUT2D eigenvalue weighted by atomic mass is 10.1. The second kappa shape index (κ2) is 8.34. The Hall–Kier alpha value is -3.08. The smallest absolute Gasteiger partial charge is 0.261 e. The van der Waals surface area contributed by atoms with Crippen LogP contribution in [0, 0.1) is 0 Å². The summed E-state index contributed by atoms with van der Waals surface area (Å²) in [6.07, 6.45) is 4.82. The first-order valence-corrected chi connectivity index (χ1v) is 8.58. The molecule has 0 atom stereocenters. The molecule has 1 aromatic heterocycles. The van der Waals surface area contributed by atoms with Crippen LogP contribution < -0.4 is 15.0 Å². The molecule has 2 aromatic carbocycles. The van der Waals surface area contributed by atoms with Crippen molar-refractivity contribution >= 4 is 10.9 Å². The second-order valence-electron chi connectivity index (χ2n) is 5.90. The Balaban J connectivity index is 1.67. The van der Waals surface area contributed by atoms with Gasteiger partial charge in [0.2, 0.25) is 0 Å². The Labute approximate surface area is 152 Å². The summed E-state index contributed by atoms with van der Waals surface area (Å²) in [5, 5.41) is 0.633. The number of allylic oxidation sites excluding steroid dienone is 1. The Morgan fingerprint density at radius 2 is 2.04 bits per heavy atom. The van der Waals surface area contributed by atoms with Crippen molar-refractivity contribution < 1.29 is 9.47 Å². The van der Waals surface area contributed by atoms with Gasteiger partial charge in [0.1, 0.15) is 0 Å². The molecule has 0 aliphatic heterocycles. The SMILES string of the molecule is C=CCc1cccc(OC)c1OCCCn1cnc2ccccc2c1=O. The van der Waals surface area contributed by atoms with Gasteiger partial charge < -0.3 is 9.47 Å². The highest BCUT2D eigenvalue weighted by Crippen LogP contribution is 2.31. The zero-order valence-electron chi connectivity index (χ0n) is 14.9. The second-order valence-corrected chi connectivity index (χ2v) is 5.90. The molecule has 0 amide bonds. The van der Waals surface area contributed by atoms with Crippen LogP contribution in [0.4, 0.5) is 0 Å². The first-order chi connectivity index (χ1) is 12.7. The number of aryl methyl sites for hydroxylation is 1. The Morgan fingerprint density at radius 3 is 2.85 bits per heavy atom. The third-order valence-corrected chi connectivity index (χ3v) is 4.17. The van der Waals surface area contributed by atoms with Gasteiger partial charge in [-0.05, 0) is 31.0 Å². The van der Waals surface area contributed by atoms with E-state index in [2.05, 4.69) is 11.6 Å². The van der Waals surface area contributed by atoms with E-state index in [4.69, 9.17) is 9.47 Å². The van der Waals surface area contributed by atoms with Gasteiger partial charge in [0, 0.05) is 12.1 Å². The van der Waals surface area contributed by atoms with E-state index < -0.39 is 0 Å². The number of methoxy groups -OCH3 is 1. The number of fused-ring (bicyclic) bond motifs is 1. The van der Waals surface area contributed by atoms with Crippen LogP contribution in [0.25, 0.3) is 10.9 Å². The molecule has 5 heteroatoms. The molecule has 3 rings (SSSR count). The molecule has 0 bridgehead atoms. The maximum absolute atomic E-state index is 12.5. The largest absolute Gasteiger partial charge is 0.493 e. The van der Waals surface area contributed by atoms with E-state index in [1.807, 2.05) is 42.5 Å². The monoisotopic (exact) mass is 350 g/mol. The van der Waals surface area contributed by atoms with Crippen molar-refractivity contribution in [1.29, 1.82) is 0 Å². The molecule has 3 aromatic rings. The van der Waals surface area contributed by atoms with E-state index in [0.717, 1.165) is 11.3 Å². The minimum Gasteiger partial charge on any atom is -0.493 e. The number of para-hydroxylation sites is 2. The van der Waals surface area contributed by atoms with Gasteiger partial charge in [-0.25, -0.2) is 4.98 Å². The molecule has 0 aliphatic rings. The fraction of sp³-hybridized carbons (Fsp3) is 0.238. The number of hydrogen-bond acceptors (Lipinski definition) is 4. The minimum atomic E-state index is -0.0276. The predicted octanol–water partition coefficient (Wildman–Crippen LogP) is 3.60. The topological polar surface area (TPSA) is 53.4 Å². The van der Waals surface area contributed by atoms with Gasteiger partial charge in [-0.1, -0.05) is 30.3 Å². The first kappa shape index (κ1) is 17.7. The lowest BCUT2D eigenvalue weighted by Gasteiger charge is -2.14. The van der Waals surface area contributed by atoms with Crippen LogP contribution in [0.3, 0.4) is 0 Å². The van der Waals surface area contributed by atoms with Crippen molar-refractivity contribution in [3.8, 4) is 11.5 Å². The molecule has 0 fully saturated rings. The molecule has 134 valence electrons. The zero-order chi connectivity index (χ0) is 18.4. The van der Waals surface area contributed by atoms with Crippen molar-refractivity contribution in [1.82, 2.24) is 9.55 Å². The van der Waals surface area contributed by atoms with E-state index in [0.29, 0.717) is 42.6 Å². The molecule has 5 nitrogen and oxygen atoms in total. The minimum absolute atomic E-state index is 0.0276. The van der Waals surface area contributed by atoms with Crippen LogP contribution in [0.15, 0.2) is 66.2 Å². The van der Waals surface area contributed by atoms with E-state index in [1.54, 1.807) is 24.1 Å². The summed E-state index contributed by atoms with van der Waals surface area (Å²) in [5.74, 6) is 1.44. The van der Waals surface area contributed by atoms with Crippen molar-refractivity contribution in [2.75, 3.05) is 13.7 Å². The molecule has 0 N–H and O–H groups in total. The van der Waals surface area contributed by atoms with Gasteiger partial charge >= 0.3 is 0 Å². The number of hydrogen-bond donors (Lipinski definition) is 0. The molecule has 0 saturated carbocycles. The zero-order valence-corrected chi connectivity index (χ0v) is 14.9. The van der Waals surface area contributed by atoms with Crippen LogP contribution in [-0.4, -0.2) is 23.3 Å². The standard InChI is InChI=1S/C21H22N2O3/c1-3-8-16-9-6-12-19(25-2)20(16)26-14-7-13-23-15-22-18-11-5-4-10-17(18)21(23)24/h3-6,9-12,15H,1,7-8,13-14H2,2H3. The summed E-state index contributed by atoms with van der Waals surface area (Å²) in [4.78, 5) is 16.8. The van der Waals surface area contributed by atoms with Gasteiger partial charge in [-0.15, -0.1) is 6.58 Å². The summed E-state index contributed by atoms with van der Waals surface area (Å²) in [6, 6.07) is 13.2. The third kappa shape index (κ3) is 3.77. The van der Waals surface area contributed by atoms with E-state index in [9.17, 15) is 4.79 Å². The van der Waals surface area contributed by atoms with Crippen LogP contribution in [0.5, 0.6) is 11.5 Å². The Bertz CT molecular complexity index is 963. The lowest BCUT2D eigenvalue weighted by Crippen LogP contribution is -2.21. The van der Waals surface area contributed by atoms with E-state index in [-0.39, 0.29) is 5.56 Å². The van der Waals surface area contributed by atoms with Crippen LogP contribution in [0.1, 0.15) is 12.0 Å². The molecule has 1 heterocycles. The maximum atomic E-state index is 12.5. The van der Waals surface area contributed by atoms with Crippen molar-refractivity contribution in [2.24, 2.45) is 0 Å². The Morgan fingerprint density at radius 1 is 1.19 bits per heavy atom. The highest BCUT2D eigenvalue weighted by Gasteiger charge is 2.10. The summed E-state index contributed by atoms with van der Waals surface area (Å²) >= 11 is 0. The fourth-order valence-corrected chi connectivity index (χ4v) is 2.88. The number of nitrogens with zero attached hydrogens (tertiary/aromatic N) is 2. The maximum Gasteiger partial charge on any atom is 0.261 e. The van der Waals surface area contributed by atoms with Gasteiger partial charge in [0.15, 0.2) is 11.5 Å². The average molecular weight is 350 g/mol. The molecular formula is C21H22N2O3. The average Bonchev–Trinajstić information content (AvgIpc) is 2.68. The number of aromatic nitrogens is 2. The molecule has 0 radical (unpaired) electrons. The molecular weight excluding hydrogens is 328 g/mol. The molecule has 0 spiro atoms. The fourth-order valence-electron chi connectivity index (χ4n) is 2.88. The van der Waals surface area contributed by atoms with Crippen LogP contribution in [-0.2, 0) is 13.0 Å². The quantitative estimate of drug-likeness (QED) is 0.460. The van der Waals surface area contributed by atoms with Gasteiger partial charge in [-0.2, -0.15) is 0 Å². The van der Waals surface area contributed by atoms with Crippen molar-refractivity contribution in [3.05, 3.63) is 77.4 Å². The highest BCUT2D eigenvalue weighted by atomic mass is 16.5. The van der Waals surface area contributed by atoms with Crippen LogP contribution >= 0.6 is 0 Å². The van der Waals surface area contributed by atoms with Crippen LogP contribution in [0.2, 0.25) is 0 Å². The van der Waals surface area contributed by atoms with Gasteiger partial charge in [-0.3, -0.25) is 9.36 Å². The summed E-state index contributed by atoms with van der Waals surface area (Å²) in [5.41, 5.74) is 1.72. The number of ether oxygens (including phenoxy) is 2. The molecule has 0 saturated heterocycles. The predicted molar refractivity (Wildman–Crippen MR) is 103 cm³/mol. The van der Waals surface area contributed by atoms with E-state index in [1.165, 1.54) is 0 Å². The summed E-state index contributed by atoms with van der Waals surface area (Å²) in [7, 11) is 1.63. The van der Waals surface area contributed by atoms with E-state index >= 15 is 0 Å². The highest BCUT2D eigenvalue weighted by molar-refractivity contribution is 5.76. The Kier molecular flexibility index (Phi) is 5.69. The molecule has 26 heavy (non-hydrogen) atoms. The third-order valence-electron chi connectivity index (χ3n) is 4.17. The summed E-state index contributed by atoms with van der Waals surface area (Å²) in [6.45, 7) is 4.80. The van der Waals surface area contributed by atoms with Crippen molar-refractivity contribution in [3.63, 3.8) is 0 Å².